The maximum atomic E-state index is 12.6. The highest BCUT2D eigenvalue weighted by atomic mass is 35.5. The topological polar surface area (TPSA) is 43.8 Å². The second-order valence-corrected chi connectivity index (χ2v) is 7.34. The Labute approximate surface area is 160 Å². The van der Waals surface area contributed by atoms with Crippen molar-refractivity contribution in [1.82, 2.24) is 9.80 Å². The van der Waals surface area contributed by atoms with Crippen molar-refractivity contribution < 1.29 is 9.90 Å². The molecule has 5 heteroatoms. The monoisotopic (exact) mass is 372 g/mol. The summed E-state index contributed by atoms with van der Waals surface area (Å²) in [6.45, 7) is 3.67. The molecule has 2 aromatic carbocycles. The summed E-state index contributed by atoms with van der Waals surface area (Å²) in [7, 11) is 1.73. The Hall–Kier alpha value is -1.88. The number of halogens is 1. The van der Waals surface area contributed by atoms with Crippen molar-refractivity contribution in [1.29, 1.82) is 0 Å². The van der Waals surface area contributed by atoms with E-state index in [1.807, 2.05) is 12.1 Å². The van der Waals surface area contributed by atoms with E-state index in [1.165, 1.54) is 18.4 Å². The normalized spacial score (nSPS) is 15.8. The highest BCUT2D eigenvalue weighted by Crippen LogP contribution is 2.21. The Kier molecular flexibility index (Phi) is 6.30. The molecule has 1 saturated heterocycles. The molecule has 0 bridgehead atoms. The van der Waals surface area contributed by atoms with Gasteiger partial charge >= 0.3 is 0 Å². The van der Waals surface area contributed by atoms with Gasteiger partial charge in [0.2, 0.25) is 0 Å². The summed E-state index contributed by atoms with van der Waals surface area (Å²) < 4.78 is 0. The van der Waals surface area contributed by atoms with Gasteiger partial charge in [-0.05, 0) is 54.8 Å². The van der Waals surface area contributed by atoms with Crippen molar-refractivity contribution in [3.05, 3.63) is 70.2 Å². The minimum atomic E-state index is -1.18. The molecule has 26 heavy (non-hydrogen) atoms. The Morgan fingerprint density at radius 2 is 1.73 bits per heavy atom. The molecule has 0 saturated carbocycles. The number of likely N-dealkylation sites (N-methyl/N-ethyl adjacent to an activating group) is 1. The zero-order valence-electron chi connectivity index (χ0n) is 15.1. The van der Waals surface area contributed by atoms with Gasteiger partial charge in [0, 0.05) is 25.2 Å². The van der Waals surface area contributed by atoms with Crippen molar-refractivity contribution in [3.63, 3.8) is 0 Å². The Balaban J connectivity index is 1.67. The highest BCUT2D eigenvalue weighted by Gasteiger charge is 2.22. The number of aliphatic hydroxyl groups is 1. The van der Waals surface area contributed by atoms with Crippen molar-refractivity contribution >= 4 is 17.5 Å². The summed E-state index contributed by atoms with van der Waals surface area (Å²) in [5.74, 6) is -0.316. The quantitative estimate of drug-likeness (QED) is 0.842. The van der Waals surface area contributed by atoms with Gasteiger partial charge in [-0.2, -0.15) is 0 Å². The number of nitrogens with zero attached hydrogens (tertiary/aromatic N) is 2. The van der Waals surface area contributed by atoms with Crippen LogP contribution in [0, 0.1) is 0 Å². The van der Waals surface area contributed by atoms with Crippen LogP contribution in [0.1, 0.15) is 35.6 Å². The van der Waals surface area contributed by atoms with Gasteiger partial charge in [0.15, 0.2) is 6.10 Å². The molecule has 0 aromatic heterocycles. The van der Waals surface area contributed by atoms with E-state index in [2.05, 4.69) is 17.0 Å². The lowest BCUT2D eigenvalue weighted by atomic mass is 10.1. The number of hydrogen-bond donors (Lipinski definition) is 1. The molecule has 1 aliphatic heterocycles. The number of rotatable bonds is 6. The van der Waals surface area contributed by atoms with Crippen molar-refractivity contribution in [2.75, 3.05) is 20.1 Å². The number of benzene rings is 2. The molecule has 1 aliphatic rings. The predicted octanol–water partition coefficient (Wildman–Crippen LogP) is 3.63. The molecule has 4 nitrogen and oxygen atoms in total. The van der Waals surface area contributed by atoms with E-state index in [4.69, 9.17) is 11.6 Å². The van der Waals surface area contributed by atoms with Crippen LogP contribution in [-0.4, -0.2) is 41.0 Å². The van der Waals surface area contributed by atoms with Crippen molar-refractivity contribution in [2.45, 2.75) is 32.0 Å². The third-order valence-electron chi connectivity index (χ3n) is 4.91. The van der Waals surface area contributed by atoms with Crippen LogP contribution in [0.4, 0.5) is 0 Å². The molecule has 0 aliphatic carbocycles. The standard InChI is InChI=1S/C21H25ClN2O2/c1-23(21(26)20(25)16-8-10-19(22)11-9-16)14-17-6-2-3-7-18(17)15-24-12-4-5-13-24/h2-3,6-11,20,25H,4-5,12-15H2,1H3/t20-/m1/s1. The molecule has 138 valence electrons. The van der Waals surface area contributed by atoms with Crippen LogP contribution in [0.2, 0.25) is 5.02 Å². The minimum absolute atomic E-state index is 0.316. The number of carbonyl (C=O) groups is 1. The maximum absolute atomic E-state index is 12.6. The SMILES string of the molecule is CN(Cc1ccccc1CN1CCCC1)C(=O)[C@H](O)c1ccc(Cl)cc1. The Morgan fingerprint density at radius 1 is 1.12 bits per heavy atom. The second kappa shape index (κ2) is 8.67. The molecular weight excluding hydrogens is 348 g/mol. The number of carbonyl (C=O) groups excluding carboxylic acids is 1. The van der Waals surface area contributed by atoms with Crippen LogP contribution >= 0.6 is 11.6 Å². The minimum Gasteiger partial charge on any atom is -0.378 e. The molecule has 1 amide bonds. The lowest BCUT2D eigenvalue weighted by Gasteiger charge is -2.23. The van der Waals surface area contributed by atoms with Crippen molar-refractivity contribution in [3.8, 4) is 0 Å². The smallest absolute Gasteiger partial charge is 0.256 e. The average molecular weight is 373 g/mol. The third kappa shape index (κ3) is 4.64. The summed E-state index contributed by atoms with van der Waals surface area (Å²) in [5.41, 5.74) is 2.92. The molecule has 2 aromatic rings. The largest absolute Gasteiger partial charge is 0.378 e. The average Bonchev–Trinajstić information content (AvgIpc) is 3.16. The predicted molar refractivity (Wildman–Crippen MR) is 104 cm³/mol. The fraction of sp³-hybridized carbons (Fsp3) is 0.381. The summed E-state index contributed by atoms with van der Waals surface area (Å²) in [4.78, 5) is 16.7. The van der Waals surface area contributed by atoms with Crippen LogP contribution < -0.4 is 0 Å². The van der Waals surface area contributed by atoms with Gasteiger partial charge in [-0.15, -0.1) is 0 Å². The van der Waals surface area contributed by atoms with E-state index >= 15 is 0 Å². The second-order valence-electron chi connectivity index (χ2n) is 6.90. The van der Waals surface area contributed by atoms with Crippen molar-refractivity contribution in [2.24, 2.45) is 0 Å². The number of amides is 1. The van der Waals surface area contributed by atoms with Gasteiger partial charge in [0.25, 0.3) is 5.91 Å². The first-order chi connectivity index (χ1) is 12.5. The van der Waals surface area contributed by atoms with Gasteiger partial charge < -0.3 is 10.0 Å². The van der Waals surface area contributed by atoms with Crippen LogP contribution in [-0.2, 0) is 17.9 Å². The van der Waals surface area contributed by atoms with E-state index in [9.17, 15) is 9.90 Å². The van der Waals surface area contributed by atoms with E-state index in [0.29, 0.717) is 17.1 Å². The first-order valence-corrected chi connectivity index (χ1v) is 9.40. The molecule has 3 rings (SSSR count). The van der Waals surface area contributed by atoms with Gasteiger partial charge in [-0.25, -0.2) is 0 Å². The van der Waals surface area contributed by atoms with Crippen LogP contribution in [0.25, 0.3) is 0 Å². The molecular formula is C21H25ClN2O2. The van der Waals surface area contributed by atoms with Crippen LogP contribution in [0.15, 0.2) is 48.5 Å². The molecule has 1 N–H and O–H groups in total. The van der Waals surface area contributed by atoms with Gasteiger partial charge in [-0.1, -0.05) is 48.0 Å². The number of likely N-dealkylation sites (tertiary alicyclic amines) is 1. The summed E-state index contributed by atoms with van der Waals surface area (Å²) in [5, 5.41) is 11.0. The fourth-order valence-corrected chi connectivity index (χ4v) is 3.50. The number of hydrogen-bond acceptors (Lipinski definition) is 3. The molecule has 0 unspecified atom stereocenters. The fourth-order valence-electron chi connectivity index (χ4n) is 3.38. The molecule has 0 radical (unpaired) electrons. The van der Waals surface area contributed by atoms with E-state index in [0.717, 1.165) is 25.2 Å². The third-order valence-corrected chi connectivity index (χ3v) is 5.17. The van der Waals surface area contributed by atoms with Gasteiger partial charge in [0.1, 0.15) is 0 Å². The first-order valence-electron chi connectivity index (χ1n) is 9.02. The van der Waals surface area contributed by atoms with E-state index < -0.39 is 6.10 Å². The van der Waals surface area contributed by atoms with Gasteiger partial charge in [0.05, 0.1) is 0 Å². The molecule has 0 spiro atoms. The summed E-state index contributed by atoms with van der Waals surface area (Å²) in [6, 6.07) is 14.9. The van der Waals surface area contributed by atoms with Crippen LogP contribution in [0.3, 0.4) is 0 Å². The molecule has 1 heterocycles. The Morgan fingerprint density at radius 3 is 2.38 bits per heavy atom. The number of aliphatic hydroxyl groups excluding tert-OH is 1. The van der Waals surface area contributed by atoms with E-state index in [1.54, 1.807) is 36.2 Å². The first kappa shape index (κ1) is 18.9. The maximum Gasteiger partial charge on any atom is 0.256 e. The summed E-state index contributed by atoms with van der Waals surface area (Å²) >= 11 is 5.87. The molecule has 1 fully saturated rings. The zero-order chi connectivity index (χ0) is 18.5. The van der Waals surface area contributed by atoms with Crippen LogP contribution in [0.5, 0.6) is 0 Å². The zero-order valence-corrected chi connectivity index (χ0v) is 15.8. The highest BCUT2D eigenvalue weighted by molar-refractivity contribution is 6.30. The van der Waals surface area contributed by atoms with Gasteiger partial charge in [-0.3, -0.25) is 9.69 Å². The Bertz CT molecular complexity index is 742. The lowest BCUT2D eigenvalue weighted by Crippen LogP contribution is -2.32. The molecule has 1 atom stereocenters. The summed E-state index contributed by atoms with van der Waals surface area (Å²) in [6.07, 6.45) is 1.34. The lowest BCUT2D eigenvalue weighted by molar-refractivity contribution is -0.139. The van der Waals surface area contributed by atoms with E-state index in [-0.39, 0.29) is 5.91 Å².